The van der Waals surface area contributed by atoms with Gasteiger partial charge in [0.15, 0.2) is 5.82 Å². The van der Waals surface area contributed by atoms with E-state index in [-0.39, 0.29) is 18.6 Å². The van der Waals surface area contributed by atoms with Crippen molar-refractivity contribution in [3.05, 3.63) is 47.5 Å². The normalized spacial score (nSPS) is 18.5. The van der Waals surface area contributed by atoms with Crippen molar-refractivity contribution in [2.75, 3.05) is 26.2 Å². The van der Waals surface area contributed by atoms with E-state index in [1.54, 1.807) is 0 Å². The molecular weight excluding hydrogens is 310 g/mol. The van der Waals surface area contributed by atoms with Gasteiger partial charge in [-0.2, -0.15) is 5.10 Å². The number of hydroxylamine groups is 1. The van der Waals surface area contributed by atoms with Crippen molar-refractivity contribution in [2.45, 2.75) is 19.6 Å². The molecule has 128 valence electrons. The zero-order chi connectivity index (χ0) is 16.8. The monoisotopic (exact) mass is 331 g/mol. The van der Waals surface area contributed by atoms with Crippen LogP contribution in [0.25, 0.3) is 0 Å². The van der Waals surface area contributed by atoms with Crippen molar-refractivity contribution in [1.82, 2.24) is 25.6 Å². The van der Waals surface area contributed by atoms with E-state index in [1.807, 2.05) is 42.2 Å². The van der Waals surface area contributed by atoms with E-state index in [0.717, 1.165) is 11.4 Å². The highest BCUT2D eigenvalue weighted by Gasteiger charge is 2.26. The number of amides is 1. The second-order valence-electron chi connectivity index (χ2n) is 5.67. The van der Waals surface area contributed by atoms with E-state index in [0.29, 0.717) is 32.1 Å². The van der Waals surface area contributed by atoms with Gasteiger partial charge in [0, 0.05) is 13.1 Å². The highest BCUT2D eigenvalue weighted by atomic mass is 16.6. The van der Waals surface area contributed by atoms with Crippen molar-refractivity contribution in [3.63, 3.8) is 0 Å². The molecule has 0 spiro atoms. The standard InChI is InChI=1S/C16H21N5O3/c1-12-17-16(19-18-12)14-9-21(7-8-23-14)10-15(22)20-24-11-13-5-3-2-4-6-13/h2-6,14H,7-11H2,1H3,(H,20,22)(H,17,18,19)/t14-/m0/s1. The van der Waals surface area contributed by atoms with Crippen LogP contribution in [0.2, 0.25) is 0 Å². The number of nitrogens with one attached hydrogen (secondary N) is 2. The molecule has 1 amide bonds. The first-order valence-corrected chi connectivity index (χ1v) is 7.88. The number of H-pyrrole nitrogens is 1. The highest BCUT2D eigenvalue weighted by Crippen LogP contribution is 2.18. The molecule has 1 atom stereocenters. The summed E-state index contributed by atoms with van der Waals surface area (Å²) in [5.74, 6) is 1.19. The van der Waals surface area contributed by atoms with E-state index in [4.69, 9.17) is 9.57 Å². The van der Waals surface area contributed by atoms with Crippen molar-refractivity contribution >= 4 is 5.91 Å². The van der Waals surface area contributed by atoms with Gasteiger partial charge in [0.1, 0.15) is 11.9 Å². The number of benzene rings is 1. The fourth-order valence-corrected chi connectivity index (χ4v) is 2.52. The third kappa shape index (κ3) is 4.60. The molecule has 1 aromatic carbocycles. The number of hydrogen-bond donors (Lipinski definition) is 2. The smallest absolute Gasteiger partial charge is 0.257 e. The van der Waals surface area contributed by atoms with Gasteiger partial charge in [0.25, 0.3) is 5.91 Å². The maximum Gasteiger partial charge on any atom is 0.257 e. The molecule has 1 aliphatic heterocycles. The molecule has 1 saturated heterocycles. The Morgan fingerprint density at radius 1 is 1.46 bits per heavy atom. The van der Waals surface area contributed by atoms with Gasteiger partial charge in [-0.3, -0.25) is 19.6 Å². The van der Waals surface area contributed by atoms with Crippen LogP contribution in [0, 0.1) is 6.92 Å². The molecule has 1 fully saturated rings. The molecule has 1 aliphatic rings. The number of carbonyl (C=O) groups is 1. The van der Waals surface area contributed by atoms with Crippen LogP contribution in [0.5, 0.6) is 0 Å². The molecule has 2 N–H and O–H groups in total. The summed E-state index contributed by atoms with van der Waals surface area (Å²) < 4.78 is 5.68. The first-order chi connectivity index (χ1) is 11.7. The Morgan fingerprint density at radius 2 is 2.29 bits per heavy atom. The van der Waals surface area contributed by atoms with Crippen molar-refractivity contribution in [1.29, 1.82) is 0 Å². The van der Waals surface area contributed by atoms with Gasteiger partial charge in [-0.1, -0.05) is 30.3 Å². The molecule has 0 bridgehead atoms. The summed E-state index contributed by atoms with van der Waals surface area (Å²) in [6, 6.07) is 9.68. The minimum atomic E-state index is -0.221. The van der Waals surface area contributed by atoms with Crippen LogP contribution in [0.4, 0.5) is 0 Å². The predicted molar refractivity (Wildman–Crippen MR) is 85.6 cm³/mol. The molecule has 8 heteroatoms. The van der Waals surface area contributed by atoms with Crippen LogP contribution in [0.1, 0.15) is 23.3 Å². The van der Waals surface area contributed by atoms with E-state index < -0.39 is 0 Å². The summed E-state index contributed by atoms with van der Waals surface area (Å²) in [6.07, 6.45) is -0.221. The lowest BCUT2D eigenvalue weighted by atomic mass is 10.2. The van der Waals surface area contributed by atoms with Crippen LogP contribution < -0.4 is 5.48 Å². The van der Waals surface area contributed by atoms with Gasteiger partial charge in [0.2, 0.25) is 0 Å². The quantitative estimate of drug-likeness (QED) is 0.758. The molecular formula is C16H21N5O3. The highest BCUT2D eigenvalue weighted by molar-refractivity contribution is 5.76. The number of hydrogen-bond acceptors (Lipinski definition) is 6. The summed E-state index contributed by atoms with van der Waals surface area (Å²) >= 11 is 0. The Balaban J connectivity index is 1.42. The molecule has 8 nitrogen and oxygen atoms in total. The number of morpholine rings is 1. The van der Waals surface area contributed by atoms with Gasteiger partial charge in [-0.05, 0) is 12.5 Å². The van der Waals surface area contributed by atoms with Crippen molar-refractivity contribution in [3.8, 4) is 0 Å². The topological polar surface area (TPSA) is 92.4 Å². The number of carbonyl (C=O) groups excluding carboxylic acids is 1. The van der Waals surface area contributed by atoms with Crippen LogP contribution in [0.3, 0.4) is 0 Å². The Hall–Kier alpha value is -2.29. The fourth-order valence-electron chi connectivity index (χ4n) is 2.52. The zero-order valence-corrected chi connectivity index (χ0v) is 13.6. The maximum atomic E-state index is 12.0. The fraction of sp³-hybridized carbons (Fsp3) is 0.438. The van der Waals surface area contributed by atoms with Crippen LogP contribution in [0.15, 0.2) is 30.3 Å². The SMILES string of the molecule is Cc1nc([C@@H]2CN(CC(=O)NOCc3ccccc3)CCO2)n[nH]1. The van der Waals surface area contributed by atoms with Crippen LogP contribution in [-0.4, -0.2) is 52.2 Å². The lowest BCUT2D eigenvalue weighted by Gasteiger charge is -2.30. The minimum Gasteiger partial charge on any atom is -0.367 e. The van der Waals surface area contributed by atoms with Gasteiger partial charge in [-0.15, -0.1) is 0 Å². The van der Waals surface area contributed by atoms with Gasteiger partial charge in [-0.25, -0.2) is 10.5 Å². The summed E-state index contributed by atoms with van der Waals surface area (Å²) in [5, 5.41) is 6.93. The number of ether oxygens (including phenoxy) is 1. The first-order valence-electron chi connectivity index (χ1n) is 7.88. The molecule has 0 radical (unpaired) electrons. The molecule has 2 aromatic rings. The number of rotatable bonds is 6. The zero-order valence-electron chi connectivity index (χ0n) is 13.6. The second kappa shape index (κ2) is 8.00. The molecule has 3 rings (SSSR count). The summed E-state index contributed by atoms with van der Waals surface area (Å²) in [6.45, 7) is 4.23. The lowest BCUT2D eigenvalue weighted by Crippen LogP contribution is -2.44. The number of nitrogens with zero attached hydrogens (tertiary/aromatic N) is 3. The third-order valence-corrected chi connectivity index (χ3v) is 3.69. The summed E-state index contributed by atoms with van der Waals surface area (Å²) in [5.41, 5.74) is 3.48. The molecule has 0 saturated carbocycles. The molecule has 0 unspecified atom stereocenters. The van der Waals surface area contributed by atoms with Gasteiger partial charge < -0.3 is 4.74 Å². The molecule has 0 aliphatic carbocycles. The Morgan fingerprint density at radius 3 is 3.04 bits per heavy atom. The average Bonchev–Trinajstić information content (AvgIpc) is 3.03. The van der Waals surface area contributed by atoms with E-state index >= 15 is 0 Å². The third-order valence-electron chi connectivity index (χ3n) is 3.69. The van der Waals surface area contributed by atoms with Crippen molar-refractivity contribution in [2.24, 2.45) is 0 Å². The van der Waals surface area contributed by atoms with E-state index in [2.05, 4.69) is 20.7 Å². The Kier molecular flexibility index (Phi) is 5.52. The van der Waals surface area contributed by atoms with Gasteiger partial charge in [0.05, 0.1) is 19.8 Å². The van der Waals surface area contributed by atoms with Crippen molar-refractivity contribution < 1.29 is 14.4 Å². The predicted octanol–water partition coefficient (Wildman–Crippen LogP) is 0.734. The van der Waals surface area contributed by atoms with E-state index in [9.17, 15) is 4.79 Å². The number of aryl methyl sites for hydroxylation is 1. The molecule has 1 aromatic heterocycles. The first kappa shape index (κ1) is 16.6. The van der Waals surface area contributed by atoms with Crippen LogP contribution >= 0.6 is 0 Å². The average molecular weight is 331 g/mol. The van der Waals surface area contributed by atoms with E-state index in [1.165, 1.54) is 0 Å². The Bertz CT molecular complexity index is 661. The lowest BCUT2D eigenvalue weighted by molar-refractivity contribution is -0.137. The number of aromatic nitrogens is 3. The number of aromatic amines is 1. The maximum absolute atomic E-state index is 12.0. The summed E-state index contributed by atoms with van der Waals surface area (Å²) in [7, 11) is 0. The van der Waals surface area contributed by atoms with Gasteiger partial charge >= 0.3 is 0 Å². The largest absolute Gasteiger partial charge is 0.367 e. The molecule has 24 heavy (non-hydrogen) atoms. The molecule has 2 heterocycles. The Labute approximate surface area is 140 Å². The minimum absolute atomic E-state index is 0.183. The second-order valence-corrected chi connectivity index (χ2v) is 5.67. The van der Waals surface area contributed by atoms with Crippen LogP contribution in [-0.2, 0) is 21.0 Å². The summed E-state index contributed by atoms with van der Waals surface area (Å²) in [4.78, 5) is 23.5.